The molecule has 0 unspecified atom stereocenters. The molecule has 0 aromatic carbocycles. The Morgan fingerprint density at radius 1 is 1.31 bits per heavy atom. The lowest BCUT2D eigenvalue weighted by molar-refractivity contribution is -0.415. The molecule has 1 N–H and O–H groups in total. The van der Waals surface area contributed by atoms with E-state index >= 15 is 0 Å². The fourth-order valence-corrected chi connectivity index (χ4v) is 2.52. The molecule has 1 saturated heterocycles. The molecule has 1 fully saturated rings. The van der Waals surface area contributed by atoms with Crippen LogP contribution in [0.5, 0.6) is 0 Å². The Kier molecular flexibility index (Phi) is 4.93. The van der Waals surface area contributed by atoms with Crippen LogP contribution in [0.3, 0.4) is 0 Å². The van der Waals surface area contributed by atoms with Crippen LogP contribution in [-0.2, 0) is 14.7 Å². The number of ether oxygens (including phenoxy) is 1. The van der Waals surface area contributed by atoms with Crippen molar-refractivity contribution in [2.45, 2.75) is 38.8 Å². The number of esters is 1. The molecule has 1 radical (unpaired) electrons. The molecule has 0 spiro atoms. The Bertz CT molecular complexity index is 741. The summed E-state index contributed by atoms with van der Waals surface area (Å²) in [6, 6.07) is 0. The van der Waals surface area contributed by atoms with Crippen LogP contribution in [0.2, 0.25) is 0 Å². The third-order valence-electron chi connectivity index (χ3n) is 4.96. The number of hydroxylamine groups is 4. The minimum absolute atomic E-state index is 0.0248. The third-order valence-corrected chi connectivity index (χ3v) is 4.96. The number of nitrogens with zero attached hydrogens (tertiary/aromatic N) is 4. The van der Waals surface area contributed by atoms with Crippen LogP contribution >= 0.6 is 0 Å². The normalized spacial score (nSPS) is 25.5. The lowest BCUT2D eigenvalue weighted by atomic mass is 9.84. The molecule has 2 aliphatic rings. The maximum absolute atomic E-state index is 12.7. The standard InChI is InChI=1S/C16H21N4O6/c1-15(2)16(3,4)19(23)14(18(15)22)10-6-7-11(12(8-10)20(24)25)17-9-13(21)26-5/h6-8,22H,9H2,1-5H3/b14-10-,17-11?. The molecule has 141 valence electrons. The predicted molar refractivity (Wildman–Crippen MR) is 89.9 cm³/mol. The maximum atomic E-state index is 12.7. The van der Waals surface area contributed by atoms with Crippen LogP contribution in [0.25, 0.3) is 0 Å². The Morgan fingerprint density at radius 3 is 2.38 bits per heavy atom. The van der Waals surface area contributed by atoms with Crippen LogP contribution in [0.15, 0.2) is 40.3 Å². The molecule has 0 atom stereocenters. The van der Waals surface area contributed by atoms with Gasteiger partial charge >= 0.3 is 5.97 Å². The number of rotatable bonds is 3. The molecular weight excluding hydrogens is 344 g/mol. The topological polar surface area (TPSA) is 128 Å². The monoisotopic (exact) mass is 365 g/mol. The molecule has 0 aromatic rings. The van der Waals surface area contributed by atoms with Crippen LogP contribution in [-0.4, -0.2) is 56.7 Å². The summed E-state index contributed by atoms with van der Waals surface area (Å²) < 4.78 is 4.46. The average molecular weight is 365 g/mol. The van der Waals surface area contributed by atoms with Crippen molar-refractivity contribution in [3.63, 3.8) is 0 Å². The largest absolute Gasteiger partial charge is 0.468 e. The first-order valence-electron chi connectivity index (χ1n) is 7.81. The zero-order chi connectivity index (χ0) is 19.9. The summed E-state index contributed by atoms with van der Waals surface area (Å²) in [7, 11) is 1.19. The number of aliphatic imine (C=N–C) groups is 1. The van der Waals surface area contributed by atoms with E-state index in [1.165, 1.54) is 19.3 Å². The van der Waals surface area contributed by atoms with E-state index in [0.717, 1.165) is 11.1 Å². The Morgan fingerprint density at radius 2 is 1.92 bits per heavy atom. The van der Waals surface area contributed by atoms with Gasteiger partial charge in [0.2, 0.25) is 0 Å². The highest BCUT2D eigenvalue weighted by Gasteiger charge is 2.56. The van der Waals surface area contributed by atoms with E-state index in [0.29, 0.717) is 5.06 Å². The lowest BCUT2D eigenvalue weighted by Gasteiger charge is -2.36. The molecule has 10 heteroatoms. The summed E-state index contributed by atoms with van der Waals surface area (Å²) >= 11 is 0. The third kappa shape index (κ3) is 2.97. The zero-order valence-electron chi connectivity index (χ0n) is 15.2. The van der Waals surface area contributed by atoms with Gasteiger partial charge in [0.05, 0.1) is 23.1 Å². The fraction of sp³-hybridized carbons (Fsp3) is 0.500. The summed E-state index contributed by atoms with van der Waals surface area (Å²) in [4.78, 5) is 25.8. The Hall–Kier alpha value is -2.72. The van der Waals surface area contributed by atoms with E-state index in [1.54, 1.807) is 27.7 Å². The number of hydrogen-bond acceptors (Lipinski definition) is 8. The van der Waals surface area contributed by atoms with E-state index in [9.17, 15) is 25.3 Å². The minimum atomic E-state index is -0.972. The molecule has 0 aromatic heterocycles. The molecule has 2 rings (SSSR count). The van der Waals surface area contributed by atoms with Crippen molar-refractivity contribution < 1.29 is 24.9 Å². The molecule has 0 saturated carbocycles. The molecule has 1 aliphatic carbocycles. The molecule has 10 nitrogen and oxygen atoms in total. The first kappa shape index (κ1) is 19.6. The van der Waals surface area contributed by atoms with E-state index in [4.69, 9.17) is 0 Å². The average Bonchev–Trinajstić information content (AvgIpc) is 2.70. The van der Waals surface area contributed by atoms with Gasteiger partial charge in [-0.3, -0.25) is 25.1 Å². The lowest BCUT2D eigenvalue weighted by Crippen LogP contribution is -2.52. The van der Waals surface area contributed by atoms with Crippen molar-refractivity contribution in [3.05, 3.63) is 45.4 Å². The number of nitro groups is 1. The Balaban J connectivity index is 2.52. The Labute approximate surface area is 150 Å². The van der Waals surface area contributed by atoms with Crippen LogP contribution in [0.1, 0.15) is 27.7 Å². The van der Waals surface area contributed by atoms with E-state index in [1.807, 2.05) is 0 Å². The smallest absolute Gasteiger partial charge is 0.327 e. The van der Waals surface area contributed by atoms with Crippen molar-refractivity contribution in [3.8, 4) is 0 Å². The van der Waals surface area contributed by atoms with Gasteiger partial charge in [0, 0.05) is 11.6 Å². The molecule has 1 heterocycles. The van der Waals surface area contributed by atoms with Crippen LogP contribution in [0.4, 0.5) is 0 Å². The first-order chi connectivity index (χ1) is 11.9. The van der Waals surface area contributed by atoms with Crippen molar-refractivity contribution in [2.75, 3.05) is 13.7 Å². The summed E-state index contributed by atoms with van der Waals surface area (Å²) in [6.45, 7) is 6.36. The van der Waals surface area contributed by atoms with Gasteiger partial charge in [0.25, 0.3) is 5.70 Å². The van der Waals surface area contributed by atoms with Crippen molar-refractivity contribution >= 4 is 11.7 Å². The van der Waals surface area contributed by atoms with Gasteiger partial charge in [0.1, 0.15) is 12.3 Å². The number of carbonyl (C=O) groups is 1. The second-order valence-corrected chi connectivity index (χ2v) is 6.90. The second-order valence-electron chi connectivity index (χ2n) is 6.90. The number of carbonyl (C=O) groups excluding carboxylic acids is 1. The van der Waals surface area contributed by atoms with E-state index in [2.05, 4.69) is 9.73 Å². The molecule has 0 bridgehead atoms. The number of allylic oxidation sites excluding steroid dienone is 4. The summed E-state index contributed by atoms with van der Waals surface area (Å²) in [5.41, 5.74) is -2.14. The molecule has 26 heavy (non-hydrogen) atoms. The fourth-order valence-electron chi connectivity index (χ4n) is 2.52. The van der Waals surface area contributed by atoms with Gasteiger partial charge in [-0.05, 0) is 39.8 Å². The van der Waals surface area contributed by atoms with E-state index in [-0.39, 0.29) is 29.3 Å². The highest BCUT2D eigenvalue weighted by Crippen LogP contribution is 2.45. The summed E-state index contributed by atoms with van der Waals surface area (Å²) in [5, 5.41) is 36.0. The zero-order valence-corrected chi connectivity index (χ0v) is 15.2. The van der Waals surface area contributed by atoms with Gasteiger partial charge in [-0.2, -0.15) is 5.06 Å². The van der Waals surface area contributed by atoms with Gasteiger partial charge in [-0.25, -0.2) is 5.06 Å². The van der Waals surface area contributed by atoms with Crippen molar-refractivity contribution in [1.29, 1.82) is 0 Å². The second kappa shape index (κ2) is 6.54. The SMILES string of the molecule is COC(=O)CN=C1C=C/C(=C2/N([O])C(C)(C)C(C)(C)N2O)C=C1[N+](=O)[O-]. The quantitative estimate of drug-likeness (QED) is 0.455. The molecular formula is C16H21N4O6. The summed E-state index contributed by atoms with van der Waals surface area (Å²) in [6.07, 6.45) is 3.91. The van der Waals surface area contributed by atoms with Crippen LogP contribution in [0, 0.1) is 10.1 Å². The summed E-state index contributed by atoms with van der Waals surface area (Å²) in [5.74, 6) is -0.730. The maximum Gasteiger partial charge on any atom is 0.327 e. The van der Waals surface area contributed by atoms with Gasteiger partial charge in [-0.15, -0.1) is 0 Å². The highest BCUT2D eigenvalue weighted by atomic mass is 16.6. The highest BCUT2D eigenvalue weighted by molar-refractivity contribution is 6.09. The van der Waals surface area contributed by atoms with Crippen molar-refractivity contribution in [2.24, 2.45) is 4.99 Å². The molecule has 1 aliphatic heterocycles. The predicted octanol–water partition coefficient (Wildman–Crippen LogP) is 1.45. The van der Waals surface area contributed by atoms with E-state index < -0.39 is 22.0 Å². The number of methoxy groups -OCH3 is 1. The van der Waals surface area contributed by atoms with Gasteiger partial charge in [-0.1, -0.05) is 5.21 Å². The van der Waals surface area contributed by atoms with Gasteiger partial charge < -0.3 is 4.74 Å². The molecule has 0 amide bonds. The van der Waals surface area contributed by atoms with Crippen LogP contribution < -0.4 is 0 Å². The minimum Gasteiger partial charge on any atom is -0.468 e. The van der Waals surface area contributed by atoms with Crippen molar-refractivity contribution in [1.82, 2.24) is 10.1 Å². The van der Waals surface area contributed by atoms with Gasteiger partial charge in [0.15, 0.2) is 5.82 Å². The number of hydrogen-bond donors (Lipinski definition) is 1. The first-order valence-corrected chi connectivity index (χ1v) is 7.81.